The molecule has 27 heavy (non-hydrogen) atoms. The summed E-state index contributed by atoms with van der Waals surface area (Å²) in [4.78, 5) is 11.9. The van der Waals surface area contributed by atoms with Gasteiger partial charge in [0.05, 0.1) is 12.7 Å². The van der Waals surface area contributed by atoms with E-state index in [0.717, 1.165) is 18.7 Å². The lowest BCUT2D eigenvalue weighted by Gasteiger charge is -2.21. The van der Waals surface area contributed by atoms with Crippen molar-refractivity contribution in [3.63, 3.8) is 0 Å². The number of hydrogen-bond acceptors (Lipinski definition) is 6. The summed E-state index contributed by atoms with van der Waals surface area (Å²) in [5.74, 6) is 1.02. The van der Waals surface area contributed by atoms with Gasteiger partial charge in [0, 0.05) is 31.7 Å². The molecular formula is C20H35N3O4. The van der Waals surface area contributed by atoms with Crippen LogP contribution in [-0.4, -0.2) is 55.5 Å². The molecule has 154 valence electrons. The molecule has 1 atom stereocenters. The number of benzene rings is 1. The number of aliphatic hydroxyl groups excluding tert-OH is 1. The zero-order chi connectivity index (χ0) is 20.3. The summed E-state index contributed by atoms with van der Waals surface area (Å²) in [7, 11) is 0. The molecule has 0 bridgehead atoms. The summed E-state index contributed by atoms with van der Waals surface area (Å²) < 4.78 is 11.3. The van der Waals surface area contributed by atoms with Gasteiger partial charge in [-0.15, -0.1) is 0 Å². The molecule has 1 aromatic carbocycles. The number of hydrogen-bond donors (Lipinski definition) is 4. The highest BCUT2D eigenvalue weighted by Crippen LogP contribution is 2.28. The van der Waals surface area contributed by atoms with Crippen LogP contribution in [0.4, 0.5) is 0 Å². The van der Waals surface area contributed by atoms with E-state index in [1.807, 2.05) is 45.9 Å². The molecule has 0 aliphatic heterocycles. The van der Waals surface area contributed by atoms with Crippen LogP contribution in [-0.2, 0) is 11.3 Å². The third-order valence-corrected chi connectivity index (χ3v) is 3.43. The molecule has 1 aromatic rings. The predicted molar refractivity (Wildman–Crippen MR) is 107 cm³/mol. The molecule has 7 heteroatoms. The first kappa shape index (κ1) is 23.2. The van der Waals surface area contributed by atoms with Crippen molar-refractivity contribution in [2.45, 2.75) is 52.8 Å². The van der Waals surface area contributed by atoms with Gasteiger partial charge in [0.15, 0.2) is 18.1 Å². The summed E-state index contributed by atoms with van der Waals surface area (Å²) in [6.07, 6.45) is -0.336. The lowest BCUT2D eigenvalue weighted by molar-refractivity contribution is -0.124. The molecule has 0 saturated heterocycles. The maximum atomic E-state index is 11.9. The van der Waals surface area contributed by atoms with E-state index < -0.39 is 0 Å². The van der Waals surface area contributed by atoms with E-state index in [4.69, 9.17) is 9.47 Å². The van der Waals surface area contributed by atoms with Gasteiger partial charge in [-0.05, 0) is 52.3 Å². The largest absolute Gasteiger partial charge is 0.490 e. The molecule has 4 N–H and O–H groups in total. The fraction of sp³-hybridized carbons (Fsp3) is 0.650. The monoisotopic (exact) mass is 381 g/mol. The zero-order valence-electron chi connectivity index (χ0n) is 17.2. The van der Waals surface area contributed by atoms with Crippen molar-refractivity contribution in [3.05, 3.63) is 23.8 Å². The van der Waals surface area contributed by atoms with Crippen molar-refractivity contribution in [3.8, 4) is 11.5 Å². The van der Waals surface area contributed by atoms with Gasteiger partial charge in [0.2, 0.25) is 0 Å². The van der Waals surface area contributed by atoms with Crippen molar-refractivity contribution in [1.29, 1.82) is 0 Å². The Bertz CT molecular complexity index is 571. The third kappa shape index (κ3) is 10.8. The number of amides is 1. The van der Waals surface area contributed by atoms with E-state index in [-0.39, 0.29) is 24.2 Å². The molecule has 0 saturated carbocycles. The van der Waals surface area contributed by atoms with Gasteiger partial charge in [-0.3, -0.25) is 4.79 Å². The van der Waals surface area contributed by atoms with Crippen LogP contribution < -0.4 is 25.4 Å². The van der Waals surface area contributed by atoms with Crippen LogP contribution >= 0.6 is 0 Å². The van der Waals surface area contributed by atoms with E-state index >= 15 is 0 Å². The molecular weight excluding hydrogens is 346 g/mol. The van der Waals surface area contributed by atoms with Crippen molar-refractivity contribution in [2.24, 2.45) is 0 Å². The molecule has 0 radical (unpaired) electrons. The maximum absolute atomic E-state index is 11.9. The van der Waals surface area contributed by atoms with Crippen LogP contribution in [0.5, 0.6) is 11.5 Å². The Kier molecular flexibility index (Phi) is 10.1. The van der Waals surface area contributed by atoms with Crippen molar-refractivity contribution >= 4 is 5.91 Å². The molecule has 0 spiro atoms. The molecule has 0 aliphatic rings. The minimum absolute atomic E-state index is 0.0517. The van der Waals surface area contributed by atoms with Gasteiger partial charge in [0.25, 0.3) is 5.91 Å². The average molecular weight is 382 g/mol. The van der Waals surface area contributed by atoms with Gasteiger partial charge in [-0.25, -0.2) is 0 Å². The van der Waals surface area contributed by atoms with Crippen molar-refractivity contribution in [1.82, 2.24) is 16.0 Å². The number of nitrogens with one attached hydrogen (secondary N) is 3. The SMILES string of the molecule is CCOc1cc(CNCCNC[C@H](C)O)ccc1OCC(=O)NC(C)(C)C. The van der Waals surface area contributed by atoms with Crippen LogP contribution in [0.1, 0.15) is 40.2 Å². The van der Waals surface area contributed by atoms with Gasteiger partial charge in [0.1, 0.15) is 0 Å². The van der Waals surface area contributed by atoms with E-state index in [2.05, 4.69) is 16.0 Å². The fourth-order valence-corrected chi connectivity index (χ4v) is 2.37. The molecule has 1 amide bonds. The Balaban J connectivity index is 2.52. The van der Waals surface area contributed by atoms with Crippen LogP contribution in [0, 0.1) is 0 Å². The summed E-state index contributed by atoms with van der Waals surface area (Å²) in [5.41, 5.74) is 0.781. The lowest BCUT2D eigenvalue weighted by Crippen LogP contribution is -2.43. The van der Waals surface area contributed by atoms with Crippen LogP contribution in [0.25, 0.3) is 0 Å². The van der Waals surface area contributed by atoms with Crippen molar-refractivity contribution < 1.29 is 19.4 Å². The molecule has 0 aliphatic carbocycles. The van der Waals surface area contributed by atoms with Crippen LogP contribution in [0.2, 0.25) is 0 Å². The smallest absolute Gasteiger partial charge is 0.258 e. The standard InChI is InChI=1S/C20H35N3O4/c1-6-26-18-11-16(13-22-10-9-21-12-15(2)24)7-8-17(18)27-14-19(25)23-20(3,4)5/h7-8,11,15,21-22,24H,6,9-10,12-14H2,1-5H3,(H,23,25)/t15-/m0/s1. The van der Waals surface area contributed by atoms with Gasteiger partial charge in [-0.1, -0.05) is 6.07 Å². The summed E-state index contributed by atoms with van der Waals surface area (Å²) >= 11 is 0. The number of carbonyl (C=O) groups is 1. The second kappa shape index (κ2) is 11.8. The van der Waals surface area contributed by atoms with E-state index in [9.17, 15) is 9.90 Å². The first-order valence-electron chi connectivity index (χ1n) is 9.50. The fourth-order valence-electron chi connectivity index (χ4n) is 2.37. The average Bonchev–Trinajstić information content (AvgIpc) is 2.55. The minimum atomic E-state index is -0.336. The maximum Gasteiger partial charge on any atom is 0.258 e. The second-order valence-electron chi connectivity index (χ2n) is 7.53. The summed E-state index contributed by atoms with van der Waals surface area (Å²) in [6, 6.07) is 5.71. The second-order valence-corrected chi connectivity index (χ2v) is 7.53. The van der Waals surface area contributed by atoms with Gasteiger partial charge in [-0.2, -0.15) is 0 Å². The Morgan fingerprint density at radius 2 is 1.85 bits per heavy atom. The Labute approximate surface area is 162 Å². The summed E-state index contributed by atoms with van der Waals surface area (Å²) in [5, 5.41) is 18.6. The van der Waals surface area contributed by atoms with E-state index in [0.29, 0.717) is 31.2 Å². The highest BCUT2D eigenvalue weighted by Gasteiger charge is 2.15. The number of rotatable bonds is 12. The number of aliphatic hydroxyl groups is 1. The molecule has 0 fully saturated rings. The topological polar surface area (TPSA) is 91.8 Å². The zero-order valence-corrected chi connectivity index (χ0v) is 17.2. The Morgan fingerprint density at radius 3 is 2.48 bits per heavy atom. The Morgan fingerprint density at radius 1 is 1.15 bits per heavy atom. The highest BCUT2D eigenvalue weighted by atomic mass is 16.5. The predicted octanol–water partition coefficient (Wildman–Crippen LogP) is 1.44. The lowest BCUT2D eigenvalue weighted by atomic mass is 10.1. The van der Waals surface area contributed by atoms with Gasteiger partial charge < -0.3 is 30.5 Å². The van der Waals surface area contributed by atoms with Gasteiger partial charge >= 0.3 is 0 Å². The van der Waals surface area contributed by atoms with Crippen LogP contribution in [0.3, 0.4) is 0 Å². The molecule has 7 nitrogen and oxygen atoms in total. The van der Waals surface area contributed by atoms with E-state index in [1.165, 1.54) is 0 Å². The first-order chi connectivity index (χ1) is 12.7. The minimum Gasteiger partial charge on any atom is -0.490 e. The van der Waals surface area contributed by atoms with E-state index in [1.54, 1.807) is 6.92 Å². The Hall–Kier alpha value is -1.83. The van der Waals surface area contributed by atoms with Crippen LogP contribution in [0.15, 0.2) is 18.2 Å². The summed E-state index contributed by atoms with van der Waals surface area (Å²) in [6.45, 7) is 12.8. The molecule has 0 aromatic heterocycles. The number of ether oxygens (including phenoxy) is 2. The molecule has 0 unspecified atom stereocenters. The normalized spacial score (nSPS) is 12.5. The van der Waals surface area contributed by atoms with Crippen molar-refractivity contribution in [2.75, 3.05) is 32.8 Å². The first-order valence-corrected chi connectivity index (χ1v) is 9.50. The number of carbonyl (C=O) groups excluding carboxylic acids is 1. The highest BCUT2D eigenvalue weighted by molar-refractivity contribution is 5.78. The molecule has 0 heterocycles. The quantitative estimate of drug-likeness (QED) is 0.410. The molecule has 1 rings (SSSR count). The third-order valence-electron chi connectivity index (χ3n) is 3.43.